The summed E-state index contributed by atoms with van der Waals surface area (Å²) in [6.45, 7) is 4.10. The van der Waals surface area contributed by atoms with Crippen molar-refractivity contribution in [2.75, 3.05) is 29.9 Å². The first-order valence-corrected chi connectivity index (χ1v) is 10.5. The molecule has 0 bridgehead atoms. The highest BCUT2D eigenvalue weighted by Gasteiger charge is 2.34. The molecule has 0 unspecified atom stereocenters. The van der Waals surface area contributed by atoms with E-state index < -0.39 is 11.9 Å². The molecule has 9 heteroatoms. The SMILES string of the molecule is CC1CCN(c2cc(C(F)(F)F)nc(NC(=S)NCCCc3ccccc3)n2)CC1. The number of benzene rings is 1. The predicted molar refractivity (Wildman–Crippen MR) is 117 cm³/mol. The van der Waals surface area contributed by atoms with Crippen LogP contribution in [-0.4, -0.2) is 34.7 Å². The fraction of sp³-hybridized carbons (Fsp3) is 0.476. The van der Waals surface area contributed by atoms with Gasteiger partial charge in [-0.25, -0.2) is 4.98 Å². The van der Waals surface area contributed by atoms with Crippen LogP contribution < -0.4 is 15.5 Å². The molecule has 1 aromatic carbocycles. The monoisotopic (exact) mass is 437 g/mol. The van der Waals surface area contributed by atoms with Crippen molar-refractivity contribution < 1.29 is 13.2 Å². The van der Waals surface area contributed by atoms with Gasteiger partial charge in [-0.2, -0.15) is 18.2 Å². The molecule has 1 fully saturated rings. The van der Waals surface area contributed by atoms with Crippen molar-refractivity contribution in [1.29, 1.82) is 0 Å². The van der Waals surface area contributed by atoms with Crippen LogP contribution in [0, 0.1) is 5.92 Å². The van der Waals surface area contributed by atoms with E-state index in [-0.39, 0.29) is 16.9 Å². The number of aromatic nitrogens is 2. The number of hydrogen-bond acceptors (Lipinski definition) is 4. The Balaban J connectivity index is 1.60. The van der Waals surface area contributed by atoms with Crippen molar-refractivity contribution in [1.82, 2.24) is 15.3 Å². The number of piperidine rings is 1. The molecular weight excluding hydrogens is 411 g/mol. The summed E-state index contributed by atoms with van der Waals surface area (Å²) in [5.74, 6) is 0.702. The molecule has 0 radical (unpaired) electrons. The standard InChI is InChI=1S/C21H26F3N5S/c1-15-9-12-29(13-10-15)18-14-17(21(22,23)24)26-19(27-18)28-20(30)25-11-5-8-16-6-3-2-4-7-16/h2-4,6-7,14-15H,5,8-13H2,1H3,(H2,25,26,27,28,30). The molecule has 1 aliphatic rings. The van der Waals surface area contributed by atoms with Crippen molar-refractivity contribution in [3.63, 3.8) is 0 Å². The lowest BCUT2D eigenvalue weighted by atomic mass is 9.99. The van der Waals surface area contributed by atoms with Gasteiger partial charge < -0.3 is 15.5 Å². The summed E-state index contributed by atoms with van der Waals surface area (Å²) < 4.78 is 40.0. The maximum absolute atomic E-state index is 13.3. The summed E-state index contributed by atoms with van der Waals surface area (Å²) in [7, 11) is 0. The average molecular weight is 438 g/mol. The molecule has 1 aromatic heterocycles. The zero-order chi connectivity index (χ0) is 21.6. The van der Waals surface area contributed by atoms with Gasteiger partial charge in [-0.05, 0) is 49.4 Å². The van der Waals surface area contributed by atoms with Gasteiger partial charge in [0, 0.05) is 25.7 Å². The van der Waals surface area contributed by atoms with Crippen molar-refractivity contribution in [3.05, 3.63) is 47.7 Å². The number of hydrogen-bond donors (Lipinski definition) is 2. The molecule has 1 aliphatic heterocycles. The highest BCUT2D eigenvalue weighted by Crippen LogP contribution is 2.31. The molecule has 0 amide bonds. The number of alkyl halides is 3. The minimum atomic E-state index is -4.55. The maximum atomic E-state index is 13.3. The van der Waals surface area contributed by atoms with Gasteiger partial charge >= 0.3 is 6.18 Å². The Hall–Kier alpha value is -2.42. The molecule has 0 aliphatic carbocycles. The first-order chi connectivity index (χ1) is 14.3. The van der Waals surface area contributed by atoms with E-state index >= 15 is 0 Å². The Morgan fingerprint density at radius 3 is 2.53 bits per heavy atom. The van der Waals surface area contributed by atoms with E-state index in [1.807, 2.05) is 23.1 Å². The molecule has 1 saturated heterocycles. The highest BCUT2D eigenvalue weighted by molar-refractivity contribution is 7.80. The van der Waals surface area contributed by atoms with E-state index in [0.29, 0.717) is 25.6 Å². The van der Waals surface area contributed by atoms with Crippen LogP contribution in [0.3, 0.4) is 0 Å². The second-order valence-electron chi connectivity index (χ2n) is 7.57. The molecule has 2 heterocycles. The predicted octanol–water partition coefficient (Wildman–Crippen LogP) is 4.65. The largest absolute Gasteiger partial charge is 0.433 e. The van der Waals surface area contributed by atoms with Crippen LogP contribution in [0.1, 0.15) is 37.4 Å². The number of aryl methyl sites for hydroxylation is 1. The Morgan fingerprint density at radius 2 is 1.87 bits per heavy atom. The number of rotatable bonds is 6. The lowest BCUT2D eigenvalue weighted by molar-refractivity contribution is -0.141. The van der Waals surface area contributed by atoms with Gasteiger partial charge in [0.1, 0.15) is 5.82 Å². The van der Waals surface area contributed by atoms with Gasteiger partial charge in [0.2, 0.25) is 5.95 Å². The van der Waals surface area contributed by atoms with E-state index in [2.05, 4.69) is 39.7 Å². The van der Waals surface area contributed by atoms with E-state index in [1.54, 1.807) is 0 Å². The van der Waals surface area contributed by atoms with Crippen molar-refractivity contribution >= 4 is 29.1 Å². The Labute approximate surface area is 180 Å². The van der Waals surface area contributed by atoms with Gasteiger partial charge in [-0.3, -0.25) is 0 Å². The van der Waals surface area contributed by atoms with Crippen molar-refractivity contribution in [2.24, 2.45) is 5.92 Å². The second kappa shape index (κ2) is 10.1. The summed E-state index contributed by atoms with van der Waals surface area (Å²) >= 11 is 5.22. The van der Waals surface area contributed by atoms with Gasteiger partial charge in [-0.15, -0.1) is 0 Å². The molecule has 30 heavy (non-hydrogen) atoms. The third-order valence-corrected chi connectivity index (χ3v) is 5.35. The Bertz CT molecular complexity index is 836. The van der Waals surface area contributed by atoms with E-state index in [4.69, 9.17) is 12.2 Å². The first kappa shape index (κ1) is 22.3. The van der Waals surface area contributed by atoms with Crippen molar-refractivity contribution in [3.8, 4) is 0 Å². The zero-order valence-electron chi connectivity index (χ0n) is 16.9. The van der Waals surface area contributed by atoms with Crippen molar-refractivity contribution in [2.45, 2.75) is 38.8 Å². The van der Waals surface area contributed by atoms with Crippen LogP contribution in [0.4, 0.5) is 24.9 Å². The number of thiocarbonyl (C=S) groups is 1. The topological polar surface area (TPSA) is 53.1 Å². The summed E-state index contributed by atoms with van der Waals surface area (Å²) in [5, 5.41) is 5.93. The lowest BCUT2D eigenvalue weighted by Crippen LogP contribution is -2.34. The average Bonchev–Trinajstić information content (AvgIpc) is 2.72. The quantitative estimate of drug-likeness (QED) is 0.507. The molecule has 162 valence electrons. The summed E-state index contributed by atoms with van der Waals surface area (Å²) in [6.07, 6.45) is -0.979. The molecule has 5 nitrogen and oxygen atoms in total. The third-order valence-electron chi connectivity index (χ3n) is 5.11. The van der Waals surface area contributed by atoms with Crippen LogP contribution in [0.2, 0.25) is 0 Å². The fourth-order valence-corrected chi connectivity index (χ4v) is 3.51. The summed E-state index contributed by atoms with van der Waals surface area (Å²) in [6, 6.07) is 11.1. The minimum Gasteiger partial charge on any atom is -0.362 e. The summed E-state index contributed by atoms with van der Waals surface area (Å²) in [4.78, 5) is 9.79. The van der Waals surface area contributed by atoms with Gasteiger partial charge in [0.15, 0.2) is 10.8 Å². The zero-order valence-corrected chi connectivity index (χ0v) is 17.7. The molecule has 3 rings (SSSR count). The number of halogens is 3. The van der Waals surface area contributed by atoms with E-state index in [0.717, 1.165) is 31.7 Å². The van der Waals surface area contributed by atoms with Gasteiger partial charge in [0.05, 0.1) is 0 Å². The number of nitrogens with one attached hydrogen (secondary N) is 2. The molecule has 0 spiro atoms. The van der Waals surface area contributed by atoms with Gasteiger partial charge in [0.25, 0.3) is 0 Å². The number of anilines is 2. The molecule has 0 atom stereocenters. The van der Waals surface area contributed by atoms with Crippen LogP contribution in [0.25, 0.3) is 0 Å². The normalized spacial score (nSPS) is 15.1. The van der Waals surface area contributed by atoms with Crippen LogP contribution in [0.5, 0.6) is 0 Å². The van der Waals surface area contributed by atoms with Crippen LogP contribution >= 0.6 is 12.2 Å². The van der Waals surface area contributed by atoms with Crippen LogP contribution in [-0.2, 0) is 12.6 Å². The first-order valence-electron chi connectivity index (χ1n) is 10.1. The molecule has 2 aromatic rings. The smallest absolute Gasteiger partial charge is 0.362 e. The number of nitrogens with zero attached hydrogens (tertiary/aromatic N) is 3. The van der Waals surface area contributed by atoms with Crippen LogP contribution in [0.15, 0.2) is 36.4 Å². The Morgan fingerprint density at radius 1 is 1.17 bits per heavy atom. The van der Waals surface area contributed by atoms with E-state index in [1.165, 1.54) is 5.56 Å². The lowest BCUT2D eigenvalue weighted by Gasteiger charge is -2.31. The Kier molecular flexibility index (Phi) is 7.47. The maximum Gasteiger partial charge on any atom is 0.433 e. The molecule has 0 saturated carbocycles. The minimum absolute atomic E-state index is 0.140. The third kappa shape index (κ3) is 6.55. The fourth-order valence-electron chi connectivity index (χ4n) is 3.32. The van der Waals surface area contributed by atoms with Gasteiger partial charge in [-0.1, -0.05) is 37.3 Å². The van der Waals surface area contributed by atoms with E-state index in [9.17, 15) is 13.2 Å². The highest BCUT2D eigenvalue weighted by atomic mass is 32.1. The molecular formula is C21H26F3N5S. The molecule has 2 N–H and O–H groups in total. The second-order valence-corrected chi connectivity index (χ2v) is 7.98. The summed E-state index contributed by atoms with van der Waals surface area (Å²) in [5.41, 5.74) is 0.250.